The van der Waals surface area contributed by atoms with E-state index in [0.29, 0.717) is 23.9 Å². The van der Waals surface area contributed by atoms with Crippen LogP contribution in [0.25, 0.3) is 16.9 Å². The molecule has 43 heavy (non-hydrogen) atoms. The number of rotatable bonds is 4. The first-order chi connectivity index (χ1) is 20.7. The van der Waals surface area contributed by atoms with E-state index in [1.165, 1.54) is 24.5 Å². The van der Waals surface area contributed by atoms with E-state index in [0.717, 1.165) is 62.6 Å². The van der Waals surface area contributed by atoms with E-state index in [-0.39, 0.29) is 39.6 Å². The molecule has 0 spiro atoms. The molecule has 0 radical (unpaired) electrons. The molecule has 3 aliphatic heterocycles. The van der Waals surface area contributed by atoms with Crippen molar-refractivity contribution >= 4 is 11.6 Å². The largest absolute Gasteiger partial charge is 0.312 e. The molecular formula is C29H37ClF3N9O. The van der Waals surface area contributed by atoms with Gasteiger partial charge in [0.15, 0.2) is 5.82 Å². The van der Waals surface area contributed by atoms with Crippen molar-refractivity contribution in [2.45, 2.75) is 69.6 Å². The summed E-state index contributed by atoms with van der Waals surface area (Å²) in [6, 6.07) is 4.67. The predicted molar refractivity (Wildman–Crippen MR) is 157 cm³/mol. The molecule has 6 rings (SSSR count). The monoisotopic (exact) mass is 619 g/mol. The first-order valence-electron chi connectivity index (χ1n) is 14.9. The van der Waals surface area contributed by atoms with E-state index >= 15 is 4.39 Å². The van der Waals surface area contributed by atoms with Crippen LogP contribution in [0.3, 0.4) is 0 Å². The Labute approximate surface area is 253 Å². The van der Waals surface area contributed by atoms with Crippen molar-refractivity contribution in [3.63, 3.8) is 0 Å². The fourth-order valence-corrected chi connectivity index (χ4v) is 7.25. The highest BCUT2D eigenvalue weighted by atomic mass is 35.5. The first kappa shape index (κ1) is 30.2. The zero-order valence-electron chi connectivity index (χ0n) is 24.2. The molecule has 3 N–H and O–H groups in total. The lowest BCUT2D eigenvalue weighted by Crippen LogP contribution is -2.54. The van der Waals surface area contributed by atoms with Gasteiger partial charge in [-0.3, -0.25) is 14.8 Å². The topological polar surface area (TPSA) is 105 Å². The van der Waals surface area contributed by atoms with Gasteiger partial charge in [0.2, 0.25) is 0 Å². The number of nitrogens with one attached hydrogen (secondary N) is 3. The number of aromatic nitrogens is 5. The van der Waals surface area contributed by atoms with E-state index in [9.17, 15) is 13.6 Å². The Bertz CT molecular complexity index is 1500. The number of likely N-dealkylation sites (N-methyl/N-ethyl adjacent to an activating group) is 1. The molecule has 3 aromatic rings. The molecule has 4 unspecified atom stereocenters. The molecule has 10 nitrogen and oxygen atoms in total. The zero-order chi connectivity index (χ0) is 30.2. The van der Waals surface area contributed by atoms with Crippen LogP contribution in [0.15, 0.2) is 35.5 Å². The second kappa shape index (κ2) is 12.6. The Morgan fingerprint density at radius 2 is 1.95 bits per heavy atom. The first-order valence-corrected chi connectivity index (χ1v) is 15.3. The van der Waals surface area contributed by atoms with Crippen molar-refractivity contribution in [2.75, 3.05) is 26.7 Å². The van der Waals surface area contributed by atoms with Gasteiger partial charge in [0, 0.05) is 37.8 Å². The highest BCUT2D eigenvalue weighted by Crippen LogP contribution is 2.35. The van der Waals surface area contributed by atoms with E-state index < -0.39 is 17.9 Å². The van der Waals surface area contributed by atoms with Gasteiger partial charge in [0.25, 0.3) is 12.0 Å². The summed E-state index contributed by atoms with van der Waals surface area (Å²) < 4.78 is 44.6. The van der Waals surface area contributed by atoms with Crippen LogP contribution in [0.5, 0.6) is 0 Å². The quantitative estimate of drug-likeness (QED) is 0.406. The number of hydrogen-bond acceptors (Lipinski definition) is 8. The summed E-state index contributed by atoms with van der Waals surface area (Å²) in [5.41, 5.74) is 2.66. The molecule has 2 aromatic heterocycles. The maximum Gasteiger partial charge on any atom is 0.283 e. The summed E-state index contributed by atoms with van der Waals surface area (Å²) in [5.74, 6) is 0.100. The molecule has 232 valence electrons. The molecule has 1 aromatic carbocycles. The van der Waals surface area contributed by atoms with Crippen LogP contribution in [-0.4, -0.2) is 74.4 Å². The van der Waals surface area contributed by atoms with Crippen molar-refractivity contribution in [3.05, 3.63) is 57.6 Å². The maximum absolute atomic E-state index is 15.5. The van der Waals surface area contributed by atoms with Crippen LogP contribution < -0.4 is 21.6 Å². The van der Waals surface area contributed by atoms with Crippen molar-refractivity contribution in [1.29, 1.82) is 0 Å². The lowest BCUT2D eigenvalue weighted by Gasteiger charge is -2.42. The smallest absolute Gasteiger partial charge is 0.283 e. The number of hydrogen-bond donors (Lipinski definition) is 3. The summed E-state index contributed by atoms with van der Waals surface area (Å²) in [5, 5.41) is 16.8. The third-order valence-electron chi connectivity index (χ3n) is 9.27. The molecule has 3 aliphatic rings. The summed E-state index contributed by atoms with van der Waals surface area (Å²) >= 11 is 6.11. The highest BCUT2D eigenvalue weighted by Gasteiger charge is 2.41. The molecule has 0 amide bonds. The van der Waals surface area contributed by atoms with E-state index in [4.69, 9.17) is 11.6 Å². The average Bonchev–Trinajstić information content (AvgIpc) is 3.63. The van der Waals surface area contributed by atoms with Gasteiger partial charge in [-0.25, -0.2) is 27.8 Å². The SMILES string of the molecule is C[C@@H]1CCC[C@H](n2cnc(-c3c(-n4cc(C(F)F)nn4)ccc(Cl)c3F)cc2=O)C2CC(CCN2)C2C(CNN2C)NC1. The van der Waals surface area contributed by atoms with Crippen LogP contribution >= 0.6 is 11.6 Å². The number of alkyl halides is 2. The Balaban J connectivity index is 1.35. The van der Waals surface area contributed by atoms with Gasteiger partial charge in [-0.15, -0.1) is 5.10 Å². The number of halogens is 4. The summed E-state index contributed by atoms with van der Waals surface area (Å²) in [6.07, 6.45) is 4.38. The minimum Gasteiger partial charge on any atom is -0.312 e. The molecule has 0 aliphatic carbocycles. The molecule has 6 atom stereocenters. The molecule has 0 saturated carbocycles. The Kier molecular flexibility index (Phi) is 8.88. The zero-order valence-corrected chi connectivity index (χ0v) is 24.9. The van der Waals surface area contributed by atoms with Gasteiger partial charge in [-0.05, 0) is 62.7 Å². The van der Waals surface area contributed by atoms with Crippen molar-refractivity contribution in [1.82, 2.24) is 45.6 Å². The second-order valence-electron chi connectivity index (χ2n) is 12.1. The van der Waals surface area contributed by atoms with Gasteiger partial charge < -0.3 is 10.6 Å². The fourth-order valence-electron chi connectivity index (χ4n) is 7.09. The lowest BCUT2D eigenvalue weighted by molar-refractivity contribution is 0.108. The third-order valence-corrected chi connectivity index (χ3v) is 9.57. The van der Waals surface area contributed by atoms with E-state index in [1.807, 2.05) is 0 Å². The molecule has 5 heterocycles. The lowest BCUT2D eigenvalue weighted by atomic mass is 9.80. The van der Waals surface area contributed by atoms with Crippen LogP contribution in [0, 0.1) is 17.7 Å². The number of piperidine rings is 1. The number of hydrazine groups is 1. The normalized spacial score (nSPS) is 28.8. The molecule has 3 saturated heterocycles. The van der Waals surface area contributed by atoms with E-state index in [2.05, 4.69) is 50.3 Å². The number of benzene rings is 1. The van der Waals surface area contributed by atoms with Crippen molar-refractivity contribution in [2.24, 2.45) is 11.8 Å². The van der Waals surface area contributed by atoms with Crippen LogP contribution in [0.2, 0.25) is 5.02 Å². The molecule has 3 fully saturated rings. The molecule has 14 heteroatoms. The Morgan fingerprint density at radius 1 is 1.12 bits per heavy atom. The molecule has 2 bridgehead atoms. The number of fused-ring (bicyclic) bond motifs is 4. The van der Waals surface area contributed by atoms with Gasteiger partial charge in [-0.2, -0.15) is 0 Å². The van der Waals surface area contributed by atoms with Crippen molar-refractivity contribution < 1.29 is 13.2 Å². The average molecular weight is 620 g/mol. The number of nitrogens with zero attached hydrogens (tertiary/aromatic N) is 6. The van der Waals surface area contributed by atoms with Gasteiger partial charge in [0.05, 0.1) is 40.5 Å². The fraction of sp³-hybridized carbons (Fsp3) is 0.586. The standard InChI is InChI=1S/C29H37ClF3N9O/c1-16-4-3-5-23(19-10-17(8-9-34-19)28-21(35-12-16)13-37-40(28)2)41-15-36-20(11-25(41)43)26-24(7-6-18(30)27(26)31)42-14-22(29(32)33)38-39-42/h6-7,11,14-17,19,21,23,28-29,34-35,37H,3-5,8-10,12-13H2,1-2H3/t16-,17?,19?,21?,23+,28?/m1/s1. The molecular weight excluding hydrogens is 583 g/mol. The van der Waals surface area contributed by atoms with Gasteiger partial charge >= 0.3 is 0 Å². The Hall–Kier alpha value is -2.84. The second-order valence-corrected chi connectivity index (χ2v) is 12.5. The summed E-state index contributed by atoms with van der Waals surface area (Å²) in [6.45, 7) is 4.96. The third kappa shape index (κ3) is 6.10. The van der Waals surface area contributed by atoms with Gasteiger partial charge in [-0.1, -0.05) is 30.2 Å². The van der Waals surface area contributed by atoms with Gasteiger partial charge in [0.1, 0.15) is 5.69 Å². The predicted octanol–water partition coefficient (Wildman–Crippen LogP) is 3.73. The van der Waals surface area contributed by atoms with Crippen LogP contribution in [0.1, 0.15) is 57.2 Å². The van der Waals surface area contributed by atoms with Crippen LogP contribution in [0.4, 0.5) is 13.2 Å². The minimum absolute atomic E-state index is 0.0363. The minimum atomic E-state index is -2.84. The maximum atomic E-state index is 15.5. The highest BCUT2D eigenvalue weighted by molar-refractivity contribution is 6.31. The summed E-state index contributed by atoms with van der Waals surface area (Å²) in [4.78, 5) is 18.3. The Morgan fingerprint density at radius 3 is 2.72 bits per heavy atom. The van der Waals surface area contributed by atoms with Crippen molar-refractivity contribution in [3.8, 4) is 16.9 Å². The summed E-state index contributed by atoms with van der Waals surface area (Å²) in [7, 11) is 2.11. The van der Waals surface area contributed by atoms with Crippen LogP contribution in [-0.2, 0) is 0 Å². The van der Waals surface area contributed by atoms with E-state index in [1.54, 1.807) is 4.57 Å².